The molecule has 0 saturated carbocycles. The molecule has 0 aliphatic carbocycles. The van der Waals surface area contributed by atoms with Gasteiger partial charge in [-0.1, -0.05) is 128 Å². The zero-order valence-electron chi connectivity index (χ0n) is 29.0. The molecule has 0 fully saturated rings. The topological polar surface area (TPSA) is 98.7 Å². The van der Waals surface area contributed by atoms with Crippen LogP contribution in [-0.4, -0.2) is 47.3 Å². The highest BCUT2D eigenvalue weighted by Gasteiger charge is 2.04. The molecular formula is C38H72N2O4. The molecule has 258 valence electrons. The van der Waals surface area contributed by atoms with Gasteiger partial charge in [-0.25, -0.2) is 0 Å². The number of carbonyl (C=O) groups is 2. The van der Waals surface area contributed by atoms with Crippen molar-refractivity contribution in [3.8, 4) is 0 Å². The lowest BCUT2D eigenvalue weighted by Crippen LogP contribution is -2.34. The maximum Gasteiger partial charge on any atom is 0.220 e. The SMILES string of the molecule is CCCCCC[C@@H](O)CC=CCCCCCCCC(=O)NCCNC(=O)CCCCCCCC=CC[C@H](O)CCCCCC. The molecular weight excluding hydrogens is 548 g/mol. The number of hydrogen-bond acceptors (Lipinski definition) is 4. The van der Waals surface area contributed by atoms with E-state index in [1.165, 1.54) is 64.2 Å². The summed E-state index contributed by atoms with van der Waals surface area (Å²) in [6.07, 6.45) is 35.6. The normalized spacial score (nSPS) is 13.1. The minimum absolute atomic E-state index is 0.0730. The van der Waals surface area contributed by atoms with Crippen molar-refractivity contribution in [2.45, 2.75) is 193 Å². The Morgan fingerprint density at radius 1 is 0.500 bits per heavy atom. The van der Waals surface area contributed by atoms with Crippen LogP contribution in [0.2, 0.25) is 0 Å². The van der Waals surface area contributed by atoms with Crippen LogP contribution in [0.3, 0.4) is 0 Å². The molecule has 0 rings (SSSR count). The van der Waals surface area contributed by atoms with Crippen LogP contribution in [0.15, 0.2) is 24.3 Å². The fraction of sp³-hybridized carbons (Fsp3) is 0.842. The van der Waals surface area contributed by atoms with Crippen molar-refractivity contribution in [2.24, 2.45) is 0 Å². The Morgan fingerprint density at radius 2 is 0.864 bits per heavy atom. The second kappa shape index (κ2) is 34.2. The van der Waals surface area contributed by atoms with E-state index in [0.29, 0.717) is 25.9 Å². The Balaban J connectivity index is 3.44. The predicted octanol–water partition coefficient (Wildman–Crippen LogP) is 9.24. The summed E-state index contributed by atoms with van der Waals surface area (Å²) in [5.74, 6) is 0.146. The number of aliphatic hydroxyl groups excluding tert-OH is 2. The van der Waals surface area contributed by atoms with Gasteiger partial charge in [-0.3, -0.25) is 9.59 Å². The molecule has 44 heavy (non-hydrogen) atoms. The number of amides is 2. The van der Waals surface area contributed by atoms with Gasteiger partial charge in [0, 0.05) is 25.9 Å². The van der Waals surface area contributed by atoms with E-state index in [2.05, 4.69) is 48.8 Å². The summed E-state index contributed by atoms with van der Waals surface area (Å²) in [6, 6.07) is 0. The Hall–Kier alpha value is -1.66. The van der Waals surface area contributed by atoms with E-state index in [4.69, 9.17) is 0 Å². The fourth-order valence-corrected chi connectivity index (χ4v) is 5.33. The molecule has 6 heteroatoms. The molecule has 0 aromatic carbocycles. The Morgan fingerprint density at radius 3 is 1.27 bits per heavy atom. The number of carbonyl (C=O) groups excluding carboxylic acids is 2. The first-order chi connectivity index (χ1) is 21.5. The number of hydrogen-bond donors (Lipinski definition) is 4. The van der Waals surface area contributed by atoms with Gasteiger partial charge in [-0.05, 0) is 64.2 Å². The van der Waals surface area contributed by atoms with Gasteiger partial charge in [0.25, 0.3) is 0 Å². The van der Waals surface area contributed by atoms with Gasteiger partial charge in [0.15, 0.2) is 0 Å². The summed E-state index contributed by atoms with van der Waals surface area (Å²) in [5, 5.41) is 25.8. The maximum absolute atomic E-state index is 12.0. The largest absolute Gasteiger partial charge is 0.393 e. The van der Waals surface area contributed by atoms with Gasteiger partial charge in [0.05, 0.1) is 12.2 Å². The summed E-state index contributed by atoms with van der Waals surface area (Å²) in [6.45, 7) is 5.40. The van der Waals surface area contributed by atoms with Crippen LogP contribution < -0.4 is 10.6 Å². The molecule has 0 spiro atoms. The zero-order valence-corrected chi connectivity index (χ0v) is 29.0. The molecule has 0 bridgehead atoms. The summed E-state index contributed by atoms with van der Waals surface area (Å²) < 4.78 is 0. The molecule has 0 radical (unpaired) electrons. The van der Waals surface area contributed by atoms with Crippen molar-refractivity contribution in [3.63, 3.8) is 0 Å². The molecule has 2 amide bonds. The van der Waals surface area contributed by atoms with Crippen LogP contribution in [0.1, 0.15) is 181 Å². The minimum atomic E-state index is -0.188. The first kappa shape index (κ1) is 42.3. The van der Waals surface area contributed by atoms with Gasteiger partial charge in [0.1, 0.15) is 0 Å². The molecule has 0 aliphatic rings. The van der Waals surface area contributed by atoms with E-state index >= 15 is 0 Å². The lowest BCUT2D eigenvalue weighted by molar-refractivity contribution is -0.123. The van der Waals surface area contributed by atoms with Crippen molar-refractivity contribution in [2.75, 3.05) is 13.1 Å². The van der Waals surface area contributed by atoms with Crippen molar-refractivity contribution in [3.05, 3.63) is 24.3 Å². The highest BCUT2D eigenvalue weighted by Crippen LogP contribution is 2.12. The third-order valence-corrected chi connectivity index (χ3v) is 8.25. The Bertz CT molecular complexity index is 636. The summed E-state index contributed by atoms with van der Waals surface area (Å²) in [7, 11) is 0. The first-order valence-corrected chi connectivity index (χ1v) is 18.7. The van der Waals surface area contributed by atoms with E-state index in [1.807, 2.05) is 0 Å². The first-order valence-electron chi connectivity index (χ1n) is 18.7. The number of aliphatic hydroxyl groups is 2. The van der Waals surface area contributed by atoms with Crippen LogP contribution in [0.4, 0.5) is 0 Å². The molecule has 0 heterocycles. The van der Waals surface area contributed by atoms with Crippen molar-refractivity contribution in [1.29, 1.82) is 0 Å². The number of nitrogens with one attached hydrogen (secondary N) is 2. The standard InChI is InChI=1S/C38H72N2O4/c1-3-5-7-21-27-35(41)29-23-17-13-9-11-15-19-25-31-37(43)39-33-34-40-38(44)32-26-20-16-12-10-14-18-24-30-36(42)28-22-8-6-4-2/h17-18,23-24,35-36,41-42H,3-16,19-22,25-34H2,1-2H3,(H,39,43)(H,40,44)/t35-,36-/m1/s1. The summed E-state index contributed by atoms with van der Waals surface area (Å²) in [5.41, 5.74) is 0. The zero-order chi connectivity index (χ0) is 32.4. The van der Waals surface area contributed by atoms with Crippen LogP contribution >= 0.6 is 0 Å². The molecule has 0 aromatic rings. The average Bonchev–Trinajstić information content (AvgIpc) is 3.01. The van der Waals surface area contributed by atoms with Crippen LogP contribution in [0.25, 0.3) is 0 Å². The van der Waals surface area contributed by atoms with Crippen molar-refractivity contribution < 1.29 is 19.8 Å². The van der Waals surface area contributed by atoms with Crippen LogP contribution in [0.5, 0.6) is 0 Å². The van der Waals surface area contributed by atoms with Gasteiger partial charge in [-0.15, -0.1) is 0 Å². The smallest absolute Gasteiger partial charge is 0.220 e. The highest BCUT2D eigenvalue weighted by atomic mass is 16.3. The van der Waals surface area contributed by atoms with E-state index in [0.717, 1.165) is 89.9 Å². The summed E-state index contributed by atoms with van der Waals surface area (Å²) >= 11 is 0. The lowest BCUT2D eigenvalue weighted by atomic mass is 10.1. The quantitative estimate of drug-likeness (QED) is 0.0434. The number of allylic oxidation sites excluding steroid dienone is 2. The van der Waals surface area contributed by atoms with Gasteiger partial charge < -0.3 is 20.8 Å². The van der Waals surface area contributed by atoms with Gasteiger partial charge in [0.2, 0.25) is 11.8 Å². The molecule has 6 nitrogen and oxygen atoms in total. The lowest BCUT2D eigenvalue weighted by Gasteiger charge is -2.07. The van der Waals surface area contributed by atoms with Gasteiger partial charge in [-0.2, -0.15) is 0 Å². The molecule has 0 unspecified atom stereocenters. The van der Waals surface area contributed by atoms with Crippen LogP contribution in [0, 0.1) is 0 Å². The monoisotopic (exact) mass is 621 g/mol. The molecule has 0 saturated heterocycles. The van der Waals surface area contributed by atoms with Crippen LogP contribution in [-0.2, 0) is 9.59 Å². The Kier molecular flexibility index (Phi) is 32.9. The van der Waals surface area contributed by atoms with Crippen molar-refractivity contribution >= 4 is 11.8 Å². The molecule has 0 aliphatic heterocycles. The van der Waals surface area contributed by atoms with E-state index < -0.39 is 0 Å². The highest BCUT2D eigenvalue weighted by molar-refractivity contribution is 5.77. The number of unbranched alkanes of at least 4 members (excludes halogenated alkanes) is 16. The average molecular weight is 621 g/mol. The predicted molar refractivity (Wildman–Crippen MR) is 188 cm³/mol. The van der Waals surface area contributed by atoms with Crippen molar-refractivity contribution in [1.82, 2.24) is 10.6 Å². The minimum Gasteiger partial charge on any atom is -0.393 e. The Labute approximate surface area is 272 Å². The molecule has 4 N–H and O–H groups in total. The van der Waals surface area contributed by atoms with E-state index in [9.17, 15) is 19.8 Å². The second-order valence-electron chi connectivity index (χ2n) is 12.7. The number of rotatable bonds is 33. The molecule has 0 aromatic heterocycles. The summed E-state index contributed by atoms with van der Waals surface area (Å²) in [4.78, 5) is 24.0. The maximum atomic E-state index is 12.0. The van der Waals surface area contributed by atoms with Gasteiger partial charge >= 0.3 is 0 Å². The third kappa shape index (κ3) is 33.2. The second-order valence-corrected chi connectivity index (χ2v) is 12.7. The van der Waals surface area contributed by atoms with E-state index in [1.54, 1.807) is 0 Å². The third-order valence-electron chi connectivity index (χ3n) is 8.25. The fourth-order valence-electron chi connectivity index (χ4n) is 5.33. The van der Waals surface area contributed by atoms with E-state index in [-0.39, 0.29) is 24.0 Å². The molecule has 2 atom stereocenters.